The van der Waals surface area contributed by atoms with E-state index < -0.39 is 0 Å². The third kappa shape index (κ3) is 5.16. The first-order valence-corrected chi connectivity index (χ1v) is 9.64. The predicted molar refractivity (Wildman–Crippen MR) is 110 cm³/mol. The number of carbonyl (C=O) groups excluding carboxylic acids is 3. The van der Waals surface area contributed by atoms with Crippen LogP contribution >= 0.6 is 0 Å². The summed E-state index contributed by atoms with van der Waals surface area (Å²) in [6.07, 6.45) is 3.64. The van der Waals surface area contributed by atoms with Gasteiger partial charge >= 0.3 is 0 Å². The molecule has 29 heavy (non-hydrogen) atoms. The lowest BCUT2D eigenvalue weighted by Crippen LogP contribution is -2.49. The average Bonchev–Trinajstić information content (AvgIpc) is 2.74. The largest absolute Gasteiger partial charge is 0.339 e. The van der Waals surface area contributed by atoms with Gasteiger partial charge in [0, 0.05) is 69.7 Å². The summed E-state index contributed by atoms with van der Waals surface area (Å²) in [5, 5.41) is 0. The highest BCUT2D eigenvalue weighted by Gasteiger charge is 2.23. The molecule has 0 unspecified atom stereocenters. The van der Waals surface area contributed by atoms with Crippen LogP contribution in [0.1, 0.15) is 30.6 Å². The third-order valence-corrected chi connectivity index (χ3v) is 4.96. The number of ketones is 1. The van der Waals surface area contributed by atoms with Crippen molar-refractivity contribution in [1.29, 1.82) is 0 Å². The zero-order valence-corrected chi connectivity index (χ0v) is 16.7. The summed E-state index contributed by atoms with van der Waals surface area (Å²) >= 11 is 0. The molecule has 0 aliphatic carbocycles. The molecule has 2 amide bonds. The Bertz CT molecular complexity index is 879. The van der Waals surface area contributed by atoms with Gasteiger partial charge in [-0.3, -0.25) is 14.4 Å². The van der Waals surface area contributed by atoms with Crippen LogP contribution in [0.25, 0.3) is 0 Å². The van der Waals surface area contributed by atoms with Gasteiger partial charge in [-0.1, -0.05) is 12.1 Å². The molecule has 0 saturated carbocycles. The molecule has 152 valence electrons. The number of hydrogen-bond acceptors (Lipinski definition) is 6. The number of nitrogens with zero attached hydrogens (tertiary/aromatic N) is 5. The highest BCUT2D eigenvalue weighted by atomic mass is 16.2. The zero-order chi connectivity index (χ0) is 20.8. The number of piperazine rings is 1. The number of Topliss-reactive ketones (excluding diaryl/α,β-unsaturated/α-hetero) is 1. The molecule has 1 aromatic heterocycles. The molecule has 8 heteroatoms. The van der Waals surface area contributed by atoms with E-state index in [4.69, 9.17) is 0 Å². The molecule has 0 spiro atoms. The number of anilines is 2. The molecule has 8 nitrogen and oxygen atoms in total. The van der Waals surface area contributed by atoms with E-state index in [2.05, 4.69) is 14.9 Å². The third-order valence-electron chi connectivity index (χ3n) is 4.96. The molecule has 0 radical (unpaired) electrons. The second-order valence-electron chi connectivity index (χ2n) is 6.94. The van der Waals surface area contributed by atoms with E-state index in [-0.39, 0.29) is 30.6 Å². The summed E-state index contributed by atoms with van der Waals surface area (Å²) < 4.78 is 0. The lowest BCUT2D eigenvalue weighted by Gasteiger charge is -2.35. The maximum absolute atomic E-state index is 12.7. The van der Waals surface area contributed by atoms with Crippen molar-refractivity contribution in [2.24, 2.45) is 0 Å². The standard InChI is InChI=1S/C21H25N5O3/c1-16(27)18-5-3-6-19(15-18)26(17(2)28)10-7-20(29)24-11-13-25(14-12-24)21-22-8-4-9-23-21/h3-6,8-9,15H,7,10-14H2,1-2H3. The van der Waals surface area contributed by atoms with E-state index in [1.165, 1.54) is 13.8 Å². The zero-order valence-electron chi connectivity index (χ0n) is 16.7. The van der Waals surface area contributed by atoms with Crippen LogP contribution in [0.15, 0.2) is 42.7 Å². The van der Waals surface area contributed by atoms with Gasteiger partial charge in [-0.15, -0.1) is 0 Å². The van der Waals surface area contributed by atoms with Crippen molar-refractivity contribution in [2.75, 3.05) is 42.5 Å². The van der Waals surface area contributed by atoms with Gasteiger partial charge in [-0.05, 0) is 25.1 Å². The second kappa shape index (κ2) is 9.27. The quantitative estimate of drug-likeness (QED) is 0.693. The fraction of sp³-hybridized carbons (Fsp3) is 0.381. The normalized spacial score (nSPS) is 13.9. The lowest BCUT2D eigenvalue weighted by atomic mass is 10.1. The van der Waals surface area contributed by atoms with Crippen molar-refractivity contribution in [1.82, 2.24) is 14.9 Å². The number of benzene rings is 1. The van der Waals surface area contributed by atoms with Gasteiger partial charge < -0.3 is 14.7 Å². The number of rotatable bonds is 6. The van der Waals surface area contributed by atoms with Crippen molar-refractivity contribution in [2.45, 2.75) is 20.3 Å². The predicted octanol–water partition coefficient (Wildman–Crippen LogP) is 1.77. The van der Waals surface area contributed by atoms with E-state index in [1.807, 2.05) is 4.90 Å². The van der Waals surface area contributed by atoms with Crippen LogP contribution in [0.5, 0.6) is 0 Å². The Balaban J connectivity index is 1.57. The Hall–Kier alpha value is -3.29. The van der Waals surface area contributed by atoms with Gasteiger partial charge in [0.2, 0.25) is 17.8 Å². The van der Waals surface area contributed by atoms with Crippen LogP contribution in [-0.2, 0) is 9.59 Å². The van der Waals surface area contributed by atoms with Crippen molar-refractivity contribution >= 4 is 29.2 Å². The van der Waals surface area contributed by atoms with Gasteiger partial charge in [-0.25, -0.2) is 9.97 Å². The molecule has 1 aromatic carbocycles. The molecule has 1 fully saturated rings. The minimum Gasteiger partial charge on any atom is -0.339 e. The van der Waals surface area contributed by atoms with Gasteiger partial charge in [0.05, 0.1) is 0 Å². The molecule has 2 aromatic rings. The van der Waals surface area contributed by atoms with Gasteiger partial charge in [0.1, 0.15) is 0 Å². The molecule has 3 rings (SSSR count). The van der Waals surface area contributed by atoms with Crippen LogP contribution in [0.2, 0.25) is 0 Å². The topological polar surface area (TPSA) is 86.7 Å². The average molecular weight is 395 g/mol. The number of amides is 2. The fourth-order valence-corrected chi connectivity index (χ4v) is 3.34. The Morgan fingerprint density at radius 3 is 2.31 bits per heavy atom. The molecular formula is C21H25N5O3. The minimum atomic E-state index is -0.162. The molecule has 1 aliphatic rings. The summed E-state index contributed by atoms with van der Waals surface area (Å²) in [5.74, 6) is 0.455. The summed E-state index contributed by atoms with van der Waals surface area (Å²) in [6.45, 7) is 5.76. The van der Waals surface area contributed by atoms with Crippen LogP contribution in [0.3, 0.4) is 0 Å². The first-order chi connectivity index (χ1) is 14.0. The molecular weight excluding hydrogens is 370 g/mol. The maximum Gasteiger partial charge on any atom is 0.225 e. The summed E-state index contributed by atoms with van der Waals surface area (Å²) in [7, 11) is 0. The first-order valence-electron chi connectivity index (χ1n) is 9.64. The Morgan fingerprint density at radius 2 is 1.69 bits per heavy atom. The molecule has 2 heterocycles. The van der Waals surface area contributed by atoms with Crippen molar-refractivity contribution < 1.29 is 14.4 Å². The van der Waals surface area contributed by atoms with E-state index in [0.717, 1.165) is 0 Å². The maximum atomic E-state index is 12.7. The summed E-state index contributed by atoms with van der Waals surface area (Å²) in [4.78, 5) is 50.3. The molecule has 0 N–H and O–H groups in total. The van der Waals surface area contributed by atoms with Crippen LogP contribution in [-0.4, -0.2) is 65.2 Å². The highest BCUT2D eigenvalue weighted by Crippen LogP contribution is 2.18. The van der Waals surface area contributed by atoms with Crippen molar-refractivity contribution in [3.8, 4) is 0 Å². The van der Waals surface area contributed by atoms with Crippen molar-refractivity contribution in [3.63, 3.8) is 0 Å². The monoisotopic (exact) mass is 395 g/mol. The van der Waals surface area contributed by atoms with Gasteiger partial charge in [0.25, 0.3) is 0 Å². The number of hydrogen-bond donors (Lipinski definition) is 0. The fourth-order valence-electron chi connectivity index (χ4n) is 3.34. The van der Waals surface area contributed by atoms with Gasteiger partial charge in [0.15, 0.2) is 5.78 Å². The smallest absolute Gasteiger partial charge is 0.225 e. The van der Waals surface area contributed by atoms with Crippen LogP contribution < -0.4 is 9.80 Å². The van der Waals surface area contributed by atoms with E-state index >= 15 is 0 Å². The number of aromatic nitrogens is 2. The molecule has 0 bridgehead atoms. The van der Waals surface area contributed by atoms with E-state index in [1.54, 1.807) is 47.6 Å². The minimum absolute atomic E-state index is 0.00704. The first kappa shape index (κ1) is 20.4. The van der Waals surface area contributed by atoms with Crippen LogP contribution in [0.4, 0.5) is 11.6 Å². The Kier molecular flexibility index (Phi) is 6.54. The highest BCUT2D eigenvalue weighted by molar-refractivity contribution is 5.97. The van der Waals surface area contributed by atoms with Crippen LogP contribution in [0, 0.1) is 0 Å². The molecule has 1 aliphatic heterocycles. The second-order valence-corrected chi connectivity index (χ2v) is 6.94. The summed E-state index contributed by atoms with van der Waals surface area (Å²) in [5.41, 5.74) is 1.17. The Morgan fingerprint density at radius 1 is 1.00 bits per heavy atom. The number of carbonyl (C=O) groups is 3. The van der Waals surface area contributed by atoms with Gasteiger partial charge in [-0.2, -0.15) is 0 Å². The van der Waals surface area contributed by atoms with Crippen molar-refractivity contribution in [3.05, 3.63) is 48.3 Å². The Labute approximate surface area is 170 Å². The molecule has 1 saturated heterocycles. The van der Waals surface area contributed by atoms with E-state index in [0.29, 0.717) is 43.4 Å². The van der Waals surface area contributed by atoms with E-state index in [9.17, 15) is 14.4 Å². The SMILES string of the molecule is CC(=O)c1cccc(N(CCC(=O)N2CCN(c3ncccn3)CC2)C(C)=O)c1. The lowest BCUT2D eigenvalue weighted by molar-refractivity contribution is -0.131. The molecule has 0 atom stereocenters. The summed E-state index contributed by atoms with van der Waals surface area (Å²) in [6, 6.07) is 8.69.